The van der Waals surface area contributed by atoms with Crippen molar-refractivity contribution in [1.29, 1.82) is 0 Å². The molecule has 136 valence electrons. The maximum atomic E-state index is 12.7. The Morgan fingerprint density at radius 3 is 2.12 bits per heavy atom. The van der Waals surface area contributed by atoms with Gasteiger partial charge in [-0.1, -0.05) is 19.3 Å². The van der Waals surface area contributed by atoms with Gasteiger partial charge in [-0.05, 0) is 12.8 Å². The third-order valence-corrected chi connectivity index (χ3v) is 5.55. The molecule has 3 fully saturated rings. The van der Waals surface area contributed by atoms with Gasteiger partial charge in [0.15, 0.2) is 0 Å². The van der Waals surface area contributed by atoms with E-state index < -0.39 is 5.54 Å². The maximum absolute atomic E-state index is 12.7. The predicted octanol–water partition coefficient (Wildman–Crippen LogP) is -0.349. The lowest BCUT2D eigenvalue weighted by atomic mass is 9.81. The van der Waals surface area contributed by atoms with Crippen molar-refractivity contribution in [2.24, 2.45) is 5.73 Å². The third-order valence-electron chi connectivity index (χ3n) is 5.55. The number of hydrogen-bond donors (Lipinski definition) is 1. The molecular formula is C17H30N4O3. The van der Waals surface area contributed by atoms with Crippen LogP contribution < -0.4 is 5.73 Å². The maximum Gasteiger partial charge on any atom is 0.242 e. The van der Waals surface area contributed by atoms with Crippen molar-refractivity contribution in [3.05, 3.63) is 0 Å². The lowest BCUT2D eigenvalue weighted by molar-refractivity contribution is -0.141. The molecule has 3 aliphatic rings. The van der Waals surface area contributed by atoms with E-state index in [1.807, 2.05) is 9.80 Å². The molecule has 1 aliphatic carbocycles. The first-order valence-corrected chi connectivity index (χ1v) is 9.25. The normalized spacial score (nSPS) is 25.5. The molecule has 2 amide bonds. The van der Waals surface area contributed by atoms with Gasteiger partial charge >= 0.3 is 0 Å². The molecule has 7 heteroatoms. The average molecular weight is 338 g/mol. The molecule has 1 saturated carbocycles. The SMILES string of the molecule is NC1(C(=O)N2CCN(CC(=O)N3CCOCC3)CC2)CCCCC1. The average Bonchev–Trinajstić information content (AvgIpc) is 2.63. The molecule has 3 rings (SSSR count). The number of rotatable bonds is 3. The van der Waals surface area contributed by atoms with Crippen molar-refractivity contribution in [1.82, 2.24) is 14.7 Å². The molecule has 0 spiro atoms. The van der Waals surface area contributed by atoms with Gasteiger partial charge in [0, 0.05) is 39.3 Å². The highest BCUT2D eigenvalue weighted by Gasteiger charge is 2.39. The zero-order chi connectivity index (χ0) is 17.0. The molecular weight excluding hydrogens is 308 g/mol. The second-order valence-electron chi connectivity index (χ2n) is 7.28. The highest BCUT2D eigenvalue weighted by atomic mass is 16.5. The van der Waals surface area contributed by atoms with Crippen molar-refractivity contribution < 1.29 is 14.3 Å². The lowest BCUT2D eigenvalue weighted by Gasteiger charge is -2.41. The summed E-state index contributed by atoms with van der Waals surface area (Å²) in [6.45, 7) is 5.92. The van der Waals surface area contributed by atoms with Crippen molar-refractivity contribution >= 4 is 11.8 Å². The van der Waals surface area contributed by atoms with Crippen LogP contribution in [-0.4, -0.2) is 91.1 Å². The number of amides is 2. The summed E-state index contributed by atoms with van der Waals surface area (Å²) in [4.78, 5) is 31.0. The molecule has 0 aromatic heterocycles. The summed E-state index contributed by atoms with van der Waals surface area (Å²) >= 11 is 0. The summed E-state index contributed by atoms with van der Waals surface area (Å²) in [5, 5.41) is 0. The molecule has 0 atom stereocenters. The number of carbonyl (C=O) groups is 2. The van der Waals surface area contributed by atoms with Gasteiger partial charge in [-0.2, -0.15) is 0 Å². The van der Waals surface area contributed by atoms with Crippen LogP contribution >= 0.6 is 0 Å². The number of nitrogens with two attached hydrogens (primary N) is 1. The molecule has 0 unspecified atom stereocenters. The Hall–Kier alpha value is -1.18. The second-order valence-corrected chi connectivity index (χ2v) is 7.28. The minimum Gasteiger partial charge on any atom is -0.378 e. The fourth-order valence-electron chi connectivity index (χ4n) is 3.92. The van der Waals surface area contributed by atoms with Crippen molar-refractivity contribution in [3.8, 4) is 0 Å². The van der Waals surface area contributed by atoms with Crippen molar-refractivity contribution in [2.75, 3.05) is 59.0 Å². The standard InChI is InChI=1S/C17H30N4O3/c18-17(4-2-1-3-5-17)16(23)21-8-6-19(7-9-21)14-15(22)20-10-12-24-13-11-20/h1-14,18H2. The lowest BCUT2D eigenvalue weighted by Crippen LogP contribution is -2.60. The number of ether oxygens (including phenoxy) is 1. The summed E-state index contributed by atoms with van der Waals surface area (Å²) < 4.78 is 5.28. The summed E-state index contributed by atoms with van der Waals surface area (Å²) in [6.07, 6.45) is 4.90. The van der Waals surface area contributed by atoms with Crippen LogP contribution in [0.3, 0.4) is 0 Å². The Kier molecular flexibility index (Phi) is 5.73. The first kappa shape index (κ1) is 17.6. The van der Waals surface area contributed by atoms with Crippen LogP contribution in [0.15, 0.2) is 0 Å². The molecule has 24 heavy (non-hydrogen) atoms. The molecule has 2 heterocycles. The van der Waals surface area contributed by atoms with Gasteiger partial charge in [0.2, 0.25) is 11.8 Å². The van der Waals surface area contributed by atoms with Crippen molar-refractivity contribution in [2.45, 2.75) is 37.6 Å². The Bertz CT molecular complexity index is 451. The van der Waals surface area contributed by atoms with E-state index in [2.05, 4.69) is 4.90 Å². The van der Waals surface area contributed by atoms with Crippen LogP contribution in [0.4, 0.5) is 0 Å². The van der Waals surface area contributed by atoms with E-state index in [0.717, 1.165) is 38.8 Å². The Morgan fingerprint density at radius 1 is 0.875 bits per heavy atom. The van der Waals surface area contributed by atoms with Crippen LogP contribution in [0.25, 0.3) is 0 Å². The molecule has 7 nitrogen and oxygen atoms in total. The molecule has 2 aliphatic heterocycles. The highest BCUT2D eigenvalue weighted by Crippen LogP contribution is 2.28. The summed E-state index contributed by atoms with van der Waals surface area (Å²) in [6, 6.07) is 0. The molecule has 0 aromatic rings. The summed E-state index contributed by atoms with van der Waals surface area (Å²) in [5.41, 5.74) is 5.72. The molecule has 2 N–H and O–H groups in total. The topological polar surface area (TPSA) is 79.1 Å². The van der Waals surface area contributed by atoms with E-state index in [0.29, 0.717) is 45.9 Å². The molecule has 0 aromatic carbocycles. The van der Waals surface area contributed by atoms with E-state index in [4.69, 9.17) is 10.5 Å². The van der Waals surface area contributed by atoms with E-state index in [1.165, 1.54) is 6.42 Å². The van der Waals surface area contributed by atoms with E-state index in [1.54, 1.807) is 0 Å². The fourth-order valence-corrected chi connectivity index (χ4v) is 3.92. The summed E-state index contributed by atoms with van der Waals surface area (Å²) in [7, 11) is 0. The smallest absolute Gasteiger partial charge is 0.242 e. The molecule has 2 saturated heterocycles. The fraction of sp³-hybridized carbons (Fsp3) is 0.882. The van der Waals surface area contributed by atoms with Crippen LogP contribution in [-0.2, 0) is 14.3 Å². The second kappa shape index (κ2) is 7.80. The number of hydrogen-bond acceptors (Lipinski definition) is 5. The largest absolute Gasteiger partial charge is 0.378 e. The van der Waals surface area contributed by atoms with Crippen LogP contribution in [0.1, 0.15) is 32.1 Å². The van der Waals surface area contributed by atoms with Gasteiger partial charge in [-0.15, -0.1) is 0 Å². The van der Waals surface area contributed by atoms with Crippen LogP contribution in [0.2, 0.25) is 0 Å². The predicted molar refractivity (Wildman–Crippen MR) is 90.4 cm³/mol. The Labute approximate surface area is 144 Å². The minimum absolute atomic E-state index is 0.112. The zero-order valence-electron chi connectivity index (χ0n) is 14.5. The minimum atomic E-state index is -0.649. The van der Waals surface area contributed by atoms with Crippen LogP contribution in [0, 0.1) is 0 Å². The summed E-state index contributed by atoms with van der Waals surface area (Å²) in [5.74, 6) is 0.280. The van der Waals surface area contributed by atoms with Gasteiger partial charge in [-0.25, -0.2) is 0 Å². The zero-order valence-corrected chi connectivity index (χ0v) is 14.5. The quantitative estimate of drug-likeness (QED) is 0.761. The first-order valence-electron chi connectivity index (χ1n) is 9.25. The number of carbonyl (C=O) groups excluding carboxylic acids is 2. The van der Waals surface area contributed by atoms with Gasteiger partial charge < -0.3 is 20.3 Å². The number of nitrogens with zero attached hydrogens (tertiary/aromatic N) is 3. The molecule has 0 radical (unpaired) electrons. The van der Waals surface area contributed by atoms with E-state index in [9.17, 15) is 9.59 Å². The third kappa shape index (κ3) is 4.07. The highest BCUT2D eigenvalue weighted by molar-refractivity contribution is 5.86. The Balaban J connectivity index is 1.45. The van der Waals surface area contributed by atoms with E-state index >= 15 is 0 Å². The first-order chi connectivity index (χ1) is 11.6. The van der Waals surface area contributed by atoms with Gasteiger partial charge in [0.05, 0.1) is 25.3 Å². The Morgan fingerprint density at radius 2 is 1.50 bits per heavy atom. The number of morpholine rings is 1. The van der Waals surface area contributed by atoms with Gasteiger partial charge in [0.25, 0.3) is 0 Å². The van der Waals surface area contributed by atoms with Crippen molar-refractivity contribution in [3.63, 3.8) is 0 Å². The molecule has 0 bridgehead atoms. The monoisotopic (exact) mass is 338 g/mol. The van der Waals surface area contributed by atoms with Gasteiger partial charge in [0.1, 0.15) is 0 Å². The van der Waals surface area contributed by atoms with E-state index in [-0.39, 0.29) is 11.8 Å². The van der Waals surface area contributed by atoms with Crippen LogP contribution in [0.5, 0.6) is 0 Å². The number of piperazine rings is 1. The van der Waals surface area contributed by atoms with Gasteiger partial charge in [-0.3, -0.25) is 14.5 Å².